The first-order valence-electron chi connectivity index (χ1n) is 9.02. The van der Waals surface area contributed by atoms with E-state index in [4.69, 9.17) is 9.72 Å². The maximum absolute atomic E-state index is 9.32. The van der Waals surface area contributed by atoms with Crippen molar-refractivity contribution in [3.8, 4) is 17.0 Å². The van der Waals surface area contributed by atoms with Crippen LogP contribution >= 0.6 is 0 Å². The zero-order valence-corrected chi connectivity index (χ0v) is 15.8. The van der Waals surface area contributed by atoms with Crippen LogP contribution in [0.3, 0.4) is 0 Å². The van der Waals surface area contributed by atoms with E-state index in [1.54, 1.807) is 7.11 Å². The fourth-order valence-corrected chi connectivity index (χ4v) is 3.71. The second-order valence-electron chi connectivity index (χ2n) is 7.52. The Morgan fingerprint density at radius 2 is 2.04 bits per heavy atom. The van der Waals surface area contributed by atoms with Crippen LogP contribution in [0.5, 0.6) is 5.75 Å². The van der Waals surface area contributed by atoms with E-state index < -0.39 is 0 Å². The van der Waals surface area contributed by atoms with E-state index in [9.17, 15) is 5.11 Å². The molecule has 0 radical (unpaired) electrons. The number of hydrogen-bond donors (Lipinski definition) is 2. The van der Waals surface area contributed by atoms with E-state index in [0.29, 0.717) is 5.95 Å². The number of aliphatic hydroxyl groups is 1. The molecule has 5 nitrogen and oxygen atoms in total. The lowest BCUT2D eigenvalue weighted by molar-refractivity contribution is 0.282. The minimum atomic E-state index is 0.00280. The van der Waals surface area contributed by atoms with Gasteiger partial charge in [0.25, 0.3) is 0 Å². The summed E-state index contributed by atoms with van der Waals surface area (Å²) < 4.78 is 5.43. The Bertz CT molecular complexity index is 999. The summed E-state index contributed by atoms with van der Waals surface area (Å²) in [5.41, 5.74) is 6.15. The van der Waals surface area contributed by atoms with Gasteiger partial charge in [-0.15, -0.1) is 0 Å². The fraction of sp³-hybridized carbons (Fsp3) is 0.273. The van der Waals surface area contributed by atoms with Crippen molar-refractivity contribution in [2.75, 3.05) is 12.4 Å². The summed E-state index contributed by atoms with van der Waals surface area (Å²) in [6.07, 6.45) is 2.80. The summed E-state index contributed by atoms with van der Waals surface area (Å²) in [6, 6.07) is 13.8. The molecule has 27 heavy (non-hydrogen) atoms. The van der Waals surface area contributed by atoms with Crippen molar-refractivity contribution in [2.45, 2.75) is 32.3 Å². The second-order valence-corrected chi connectivity index (χ2v) is 7.52. The van der Waals surface area contributed by atoms with Crippen molar-refractivity contribution in [2.24, 2.45) is 0 Å². The van der Waals surface area contributed by atoms with Gasteiger partial charge in [0.2, 0.25) is 5.95 Å². The lowest BCUT2D eigenvalue weighted by Crippen LogP contribution is -2.26. The molecule has 3 aromatic rings. The lowest BCUT2D eigenvalue weighted by Gasteiger charge is -2.33. The van der Waals surface area contributed by atoms with Crippen molar-refractivity contribution < 1.29 is 9.84 Å². The average Bonchev–Trinajstić information content (AvgIpc) is 2.68. The first kappa shape index (κ1) is 17.5. The molecule has 0 aliphatic heterocycles. The highest BCUT2D eigenvalue weighted by Crippen LogP contribution is 2.43. The summed E-state index contributed by atoms with van der Waals surface area (Å²) in [6.45, 7) is 4.49. The number of methoxy groups -OCH3 is 1. The zero-order valence-electron chi connectivity index (χ0n) is 15.8. The number of aromatic nitrogens is 2. The van der Waals surface area contributed by atoms with Gasteiger partial charge in [0.05, 0.1) is 19.4 Å². The molecule has 5 heteroatoms. The van der Waals surface area contributed by atoms with E-state index in [1.165, 1.54) is 5.56 Å². The Hall–Kier alpha value is -2.92. The number of benzene rings is 2. The maximum Gasteiger partial charge on any atom is 0.227 e. The first-order valence-corrected chi connectivity index (χ1v) is 9.02. The van der Waals surface area contributed by atoms with Gasteiger partial charge in [-0.3, -0.25) is 0 Å². The van der Waals surface area contributed by atoms with Crippen LogP contribution in [-0.2, 0) is 18.4 Å². The number of hydrogen-bond acceptors (Lipinski definition) is 5. The topological polar surface area (TPSA) is 67.3 Å². The van der Waals surface area contributed by atoms with Crippen molar-refractivity contribution >= 4 is 11.6 Å². The molecule has 1 heterocycles. The largest absolute Gasteiger partial charge is 0.497 e. The molecule has 0 bridgehead atoms. The molecule has 0 unspecified atom stereocenters. The summed E-state index contributed by atoms with van der Waals surface area (Å²) >= 11 is 0. The number of nitrogens with one attached hydrogen (secondary N) is 1. The Balaban J connectivity index is 1.76. The highest BCUT2D eigenvalue weighted by atomic mass is 16.5. The van der Waals surface area contributed by atoms with Crippen molar-refractivity contribution in [3.63, 3.8) is 0 Å². The summed E-state index contributed by atoms with van der Waals surface area (Å²) in [5, 5.41) is 12.6. The molecule has 0 saturated carbocycles. The molecular formula is C22H23N3O2. The van der Waals surface area contributed by atoms with Crippen LogP contribution in [0.1, 0.15) is 30.5 Å². The van der Waals surface area contributed by atoms with E-state index in [2.05, 4.69) is 36.3 Å². The molecule has 1 aromatic heterocycles. The summed E-state index contributed by atoms with van der Waals surface area (Å²) in [7, 11) is 1.68. The Kier molecular flexibility index (Phi) is 4.32. The van der Waals surface area contributed by atoms with Gasteiger partial charge >= 0.3 is 0 Å². The monoisotopic (exact) mass is 361 g/mol. The number of ether oxygens (including phenoxy) is 1. The van der Waals surface area contributed by atoms with Crippen LogP contribution in [0.2, 0.25) is 0 Å². The van der Waals surface area contributed by atoms with Crippen LogP contribution < -0.4 is 10.1 Å². The smallest absolute Gasteiger partial charge is 0.227 e. The Morgan fingerprint density at radius 3 is 2.81 bits per heavy atom. The lowest BCUT2D eigenvalue weighted by atomic mass is 9.72. The van der Waals surface area contributed by atoms with Gasteiger partial charge in [-0.1, -0.05) is 32.0 Å². The minimum Gasteiger partial charge on any atom is -0.497 e. The molecule has 0 spiro atoms. The normalized spacial score (nSPS) is 14.2. The quantitative estimate of drug-likeness (QED) is 0.728. The van der Waals surface area contributed by atoms with Gasteiger partial charge in [0.15, 0.2) is 0 Å². The molecule has 0 atom stereocenters. The van der Waals surface area contributed by atoms with Gasteiger partial charge in [-0.2, -0.15) is 0 Å². The average molecular weight is 361 g/mol. The fourth-order valence-electron chi connectivity index (χ4n) is 3.71. The van der Waals surface area contributed by atoms with Crippen LogP contribution in [0.25, 0.3) is 11.3 Å². The standard InChI is InChI=1S/C22H23N3O2/c1-22(2)11-15-12-23-21(24-16-6-4-5-14(9-16)13-26)25-20(15)18-10-17(27-3)7-8-19(18)22/h4-10,12,26H,11,13H2,1-3H3,(H,23,24,25). The zero-order chi connectivity index (χ0) is 19.0. The van der Waals surface area contributed by atoms with E-state index in [0.717, 1.165) is 40.2 Å². The summed E-state index contributed by atoms with van der Waals surface area (Å²) in [5.74, 6) is 1.36. The molecule has 138 valence electrons. The Morgan fingerprint density at radius 1 is 1.19 bits per heavy atom. The van der Waals surface area contributed by atoms with Crippen molar-refractivity contribution in [1.82, 2.24) is 9.97 Å². The second kappa shape index (κ2) is 6.67. The number of nitrogens with zero attached hydrogens (tertiary/aromatic N) is 2. The molecule has 4 rings (SSSR count). The minimum absolute atomic E-state index is 0.00280. The van der Waals surface area contributed by atoms with Gasteiger partial charge in [-0.05, 0) is 52.8 Å². The highest BCUT2D eigenvalue weighted by molar-refractivity contribution is 5.74. The van der Waals surface area contributed by atoms with Crippen LogP contribution in [-0.4, -0.2) is 22.2 Å². The number of anilines is 2. The third-order valence-electron chi connectivity index (χ3n) is 5.07. The molecule has 2 N–H and O–H groups in total. The molecule has 2 aromatic carbocycles. The Labute approximate surface area is 159 Å². The van der Waals surface area contributed by atoms with Crippen molar-refractivity contribution in [3.05, 3.63) is 65.4 Å². The predicted octanol–water partition coefficient (Wildman–Crippen LogP) is 4.22. The summed E-state index contributed by atoms with van der Waals surface area (Å²) in [4.78, 5) is 9.31. The third-order valence-corrected chi connectivity index (χ3v) is 5.07. The van der Waals surface area contributed by atoms with Gasteiger partial charge in [0, 0.05) is 17.4 Å². The van der Waals surface area contributed by atoms with Crippen LogP contribution in [0.15, 0.2) is 48.7 Å². The van der Waals surface area contributed by atoms with Gasteiger partial charge < -0.3 is 15.2 Å². The molecule has 1 aliphatic carbocycles. The van der Waals surface area contributed by atoms with Crippen LogP contribution in [0, 0.1) is 0 Å². The van der Waals surface area contributed by atoms with Crippen LogP contribution in [0.4, 0.5) is 11.6 Å². The third kappa shape index (κ3) is 3.26. The van der Waals surface area contributed by atoms with E-state index in [-0.39, 0.29) is 12.0 Å². The SMILES string of the molecule is COc1ccc2c(c1)-c1nc(Nc3cccc(CO)c3)ncc1CC2(C)C. The van der Waals surface area contributed by atoms with Gasteiger partial charge in [0.1, 0.15) is 5.75 Å². The molecule has 1 aliphatic rings. The molecule has 0 amide bonds. The molecule has 0 fully saturated rings. The number of rotatable bonds is 4. The number of aliphatic hydroxyl groups excluding tert-OH is 1. The number of fused-ring (bicyclic) bond motifs is 3. The van der Waals surface area contributed by atoms with Crippen molar-refractivity contribution in [1.29, 1.82) is 0 Å². The van der Waals surface area contributed by atoms with E-state index in [1.807, 2.05) is 36.5 Å². The predicted molar refractivity (Wildman–Crippen MR) is 106 cm³/mol. The maximum atomic E-state index is 9.32. The van der Waals surface area contributed by atoms with Gasteiger partial charge in [-0.25, -0.2) is 9.97 Å². The molecular weight excluding hydrogens is 338 g/mol. The van der Waals surface area contributed by atoms with E-state index >= 15 is 0 Å². The first-order chi connectivity index (χ1) is 13.0. The highest BCUT2D eigenvalue weighted by Gasteiger charge is 2.32. The molecule has 0 saturated heterocycles.